The summed E-state index contributed by atoms with van der Waals surface area (Å²) in [4.78, 5) is 9.64. The predicted molar refractivity (Wildman–Crippen MR) is 114 cm³/mol. The Hall–Kier alpha value is -3.39. The molecular formula is C22H23N5O3. The first kappa shape index (κ1) is 18.6. The second-order valence-electron chi connectivity index (χ2n) is 7.21. The highest BCUT2D eigenvalue weighted by atomic mass is 16.5. The van der Waals surface area contributed by atoms with Crippen molar-refractivity contribution in [2.45, 2.75) is 18.9 Å². The highest BCUT2D eigenvalue weighted by Gasteiger charge is 2.20. The van der Waals surface area contributed by atoms with E-state index < -0.39 is 0 Å². The molecule has 5 rings (SSSR count). The number of hydrogen-bond donors (Lipinski definition) is 1. The summed E-state index contributed by atoms with van der Waals surface area (Å²) in [6.45, 7) is 1.48. The van der Waals surface area contributed by atoms with Gasteiger partial charge < -0.3 is 19.5 Å². The molecule has 1 aliphatic rings. The Kier molecular flexibility index (Phi) is 4.84. The number of hydrogen-bond acceptors (Lipinski definition) is 7. The van der Waals surface area contributed by atoms with E-state index in [9.17, 15) is 0 Å². The first-order valence-electron chi connectivity index (χ1n) is 10.00. The lowest BCUT2D eigenvalue weighted by Crippen LogP contribution is -2.20. The molecule has 30 heavy (non-hydrogen) atoms. The number of benzene rings is 2. The molecule has 4 aromatic rings. The van der Waals surface area contributed by atoms with Gasteiger partial charge in [0, 0.05) is 30.2 Å². The fraction of sp³-hybridized carbons (Fsp3) is 0.318. The van der Waals surface area contributed by atoms with Crippen molar-refractivity contribution < 1.29 is 14.2 Å². The normalized spacial score (nSPS) is 16.3. The van der Waals surface area contributed by atoms with Gasteiger partial charge in [-0.25, -0.2) is 9.97 Å². The molecule has 0 radical (unpaired) electrons. The standard InChI is InChI=1S/C22H23N5O3/c1-28-18-11-16-17(12-19(18)29-2)24-22(23-13-15-9-6-10-30-15)27-21(16)25-20(26-27)14-7-4-3-5-8-14/h3-5,7-8,11-12,15H,6,9-10,13H2,1-2H3,(H,23,24). The van der Waals surface area contributed by atoms with Gasteiger partial charge in [-0.1, -0.05) is 30.3 Å². The van der Waals surface area contributed by atoms with Gasteiger partial charge in [0.1, 0.15) is 0 Å². The smallest absolute Gasteiger partial charge is 0.226 e. The monoisotopic (exact) mass is 405 g/mol. The molecule has 2 aromatic carbocycles. The van der Waals surface area contributed by atoms with Gasteiger partial charge in [0.2, 0.25) is 5.95 Å². The second kappa shape index (κ2) is 7.79. The van der Waals surface area contributed by atoms with E-state index in [-0.39, 0.29) is 6.10 Å². The van der Waals surface area contributed by atoms with Gasteiger partial charge in [-0.2, -0.15) is 4.52 Å². The Bertz CT molecular complexity index is 1190. The summed E-state index contributed by atoms with van der Waals surface area (Å²) in [5, 5.41) is 8.99. The van der Waals surface area contributed by atoms with Crippen LogP contribution in [0.3, 0.4) is 0 Å². The first-order valence-corrected chi connectivity index (χ1v) is 10.00. The third kappa shape index (κ3) is 3.29. The number of aromatic nitrogens is 4. The number of methoxy groups -OCH3 is 2. The van der Waals surface area contributed by atoms with Crippen molar-refractivity contribution in [2.75, 3.05) is 32.7 Å². The Morgan fingerprint density at radius 2 is 1.90 bits per heavy atom. The minimum absolute atomic E-state index is 0.181. The molecule has 3 heterocycles. The van der Waals surface area contributed by atoms with Gasteiger partial charge in [0.15, 0.2) is 23.0 Å². The van der Waals surface area contributed by atoms with Crippen LogP contribution in [0, 0.1) is 0 Å². The molecule has 0 spiro atoms. The van der Waals surface area contributed by atoms with Gasteiger partial charge in [-0.05, 0) is 18.9 Å². The van der Waals surface area contributed by atoms with E-state index in [0.29, 0.717) is 35.5 Å². The molecule has 0 aliphatic carbocycles. The van der Waals surface area contributed by atoms with Crippen LogP contribution in [0.4, 0.5) is 5.95 Å². The Morgan fingerprint density at radius 1 is 1.10 bits per heavy atom. The van der Waals surface area contributed by atoms with Crippen molar-refractivity contribution >= 4 is 22.5 Å². The number of nitrogens with zero attached hydrogens (tertiary/aromatic N) is 4. The molecule has 154 valence electrons. The largest absolute Gasteiger partial charge is 0.493 e. The van der Waals surface area contributed by atoms with Crippen LogP contribution in [0.5, 0.6) is 11.5 Å². The van der Waals surface area contributed by atoms with Crippen LogP contribution < -0.4 is 14.8 Å². The van der Waals surface area contributed by atoms with E-state index in [2.05, 4.69) is 5.32 Å². The molecule has 8 heteroatoms. The maximum absolute atomic E-state index is 5.74. The Morgan fingerprint density at radius 3 is 2.63 bits per heavy atom. The van der Waals surface area contributed by atoms with E-state index in [1.165, 1.54) is 0 Å². The lowest BCUT2D eigenvalue weighted by Gasteiger charge is -2.14. The first-order chi connectivity index (χ1) is 14.8. The molecule has 0 bridgehead atoms. The zero-order valence-corrected chi connectivity index (χ0v) is 17.0. The van der Waals surface area contributed by atoms with Crippen molar-refractivity contribution in [1.82, 2.24) is 19.6 Å². The molecule has 2 aromatic heterocycles. The lowest BCUT2D eigenvalue weighted by atomic mass is 10.2. The fourth-order valence-electron chi connectivity index (χ4n) is 3.77. The molecule has 8 nitrogen and oxygen atoms in total. The zero-order chi connectivity index (χ0) is 20.5. The molecular weight excluding hydrogens is 382 g/mol. The van der Waals surface area contributed by atoms with E-state index in [1.807, 2.05) is 42.5 Å². The molecule has 1 aliphatic heterocycles. The maximum Gasteiger partial charge on any atom is 0.226 e. The van der Waals surface area contributed by atoms with Gasteiger partial charge in [0.05, 0.1) is 25.8 Å². The fourth-order valence-corrected chi connectivity index (χ4v) is 3.77. The number of nitrogens with one attached hydrogen (secondary N) is 1. The zero-order valence-electron chi connectivity index (χ0n) is 17.0. The van der Waals surface area contributed by atoms with Crippen LogP contribution in [0.25, 0.3) is 27.9 Å². The van der Waals surface area contributed by atoms with Gasteiger partial charge in [-0.3, -0.25) is 0 Å². The van der Waals surface area contributed by atoms with Crippen molar-refractivity contribution in [1.29, 1.82) is 0 Å². The minimum atomic E-state index is 0.181. The van der Waals surface area contributed by atoms with Crippen LogP contribution in [0.2, 0.25) is 0 Å². The third-order valence-corrected chi connectivity index (χ3v) is 5.32. The van der Waals surface area contributed by atoms with Crippen molar-refractivity contribution in [3.8, 4) is 22.9 Å². The lowest BCUT2D eigenvalue weighted by molar-refractivity contribution is 0.120. The number of anilines is 1. The average Bonchev–Trinajstić information content (AvgIpc) is 3.47. The van der Waals surface area contributed by atoms with Gasteiger partial charge in [0.25, 0.3) is 0 Å². The number of fused-ring (bicyclic) bond motifs is 3. The van der Waals surface area contributed by atoms with E-state index in [1.54, 1.807) is 18.7 Å². The van der Waals surface area contributed by atoms with Crippen molar-refractivity contribution in [2.24, 2.45) is 0 Å². The molecule has 1 fully saturated rings. The Balaban J connectivity index is 1.68. The van der Waals surface area contributed by atoms with Crippen LogP contribution in [0.1, 0.15) is 12.8 Å². The summed E-state index contributed by atoms with van der Waals surface area (Å²) in [6.07, 6.45) is 2.31. The van der Waals surface area contributed by atoms with Crippen LogP contribution in [0.15, 0.2) is 42.5 Å². The summed E-state index contributed by atoms with van der Waals surface area (Å²) < 4.78 is 18.5. The number of ether oxygens (including phenoxy) is 3. The average molecular weight is 405 g/mol. The van der Waals surface area contributed by atoms with E-state index in [0.717, 1.165) is 35.9 Å². The highest BCUT2D eigenvalue weighted by molar-refractivity contribution is 5.95. The summed E-state index contributed by atoms with van der Waals surface area (Å²) in [7, 11) is 3.23. The van der Waals surface area contributed by atoms with Gasteiger partial charge >= 0.3 is 0 Å². The Labute approximate surface area is 173 Å². The molecule has 1 atom stereocenters. The summed E-state index contributed by atoms with van der Waals surface area (Å²) in [5.41, 5.74) is 2.40. The quantitative estimate of drug-likeness (QED) is 0.525. The SMILES string of the molecule is COc1cc2nc(NCC3CCCO3)n3nc(-c4ccccc4)nc3c2cc1OC. The summed E-state index contributed by atoms with van der Waals surface area (Å²) in [6, 6.07) is 13.7. The van der Waals surface area contributed by atoms with Crippen molar-refractivity contribution in [3.05, 3.63) is 42.5 Å². The summed E-state index contributed by atoms with van der Waals surface area (Å²) >= 11 is 0. The molecule has 1 saturated heterocycles. The van der Waals surface area contributed by atoms with E-state index >= 15 is 0 Å². The van der Waals surface area contributed by atoms with Crippen LogP contribution in [-0.2, 0) is 4.74 Å². The molecule has 1 unspecified atom stereocenters. The maximum atomic E-state index is 5.74. The molecule has 0 amide bonds. The molecule has 1 N–H and O–H groups in total. The predicted octanol–water partition coefficient (Wildman–Crippen LogP) is 3.55. The number of rotatable bonds is 6. The summed E-state index contributed by atoms with van der Waals surface area (Å²) in [5.74, 6) is 2.50. The highest BCUT2D eigenvalue weighted by Crippen LogP contribution is 2.34. The third-order valence-electron chi connectivity index (χ3n) is 5.32. The van der Waals surface area contributed by atoms with Gasteiger partial charge in [-0.15, -0.1) is 5.10 Å². The molecule has 0 saturated carbocycles. The van der Waals surface area contributed by atoms with Crippen molar-refractivity contribution in [3.63, 3.8) is 0 Å². The van der Waals surface area contributed by atoms with E-state index in [4.69, 9.17) is 29.3 Å². The van der Waals surface area contributed by atoms with Crippen LogP contribution in [-0.4, -0.2) is 53.1 Å². The topological polar surface area (TPSA) is 82.8 Å². The second-order valence-corrected chi connectivity index (χ2v) is 7.21. The van der Waals surface area contributed by atoms with Crippen LogP contribution >= 0.6 is 0 Å². The minimum Gasteiger partial charge on any atom is -0.493 e.